The van der Waals surface area contributed by atoms with E-state index in [1.807, 2.05) is 13.0 Å². The molecule has 0 bridgehead atoms. The van der Waals surface area contributed by atoms with Crippen LogP contribution in [0.5, 0.6) is 0 Å². The van der Waals surface area contributed by atoms with Crippen LogP contribution < -0.4 is 5.32 Å². The maximum absolute atomic E-state index is 12.0. The zero-order chi connectivity index (χ0) is 13.8. The zero-order valence-electron chi connectivity index (χ0n) is 10.7. The first-order chi connectivity index (χ1) is 9.10. The predicted octanol–water partition coefficient (Wildman–Crippen LogP) is 2.00. The third kappa shape index (κ3) is 3.10. The quantitative estimate of drug-likeness (QED) is 0.836. The maximum atomic E-state index is 12.0. The Kier molecular flexibility index (Phi) is 3.81. The largest absolute Gasteiger partial charge is 0.323 e. The van der Waals surface area contributed by atoms with Crippen LogP contribution in [0.25, 0.3) is 0 Å². The van der Waals surface area contributed by atoms with E-state index in [-0.39, 0.29) is 17.7 Å². The minimum atomic E-state index is -0.227. The van der Waals surface area contributed by atoms with Crippen LogP contribution in [0.3, 0.4) is 0 Å². The summed E-state index contributed by atoms with van der Waals surface area (Å²) in [6.07, 6.45) is 0.410. The van der Waals surface area contributed by atoms with Crippen molar-refractivity contribution in [1.29, 1.82) is 5.26 Å². The highest BCUT2D eigenvalue weighted by Gasteiger charge is 2.26. The summed E-state index contributed by atoms with van der Waals surface area (Å²) in [5, 5.41) is 11.5. The fraction of sp³-hybridized carbons (Fsp3) is 0.357. The smallest absolute Gasteiger partial charge is 0.321 e. The van der Waals surface area contributed by atoms with Gasteiger partial charge in [0.1, 0.15) is 5.78 Å². The summed E-state index contributed by atoms with van der Waals surface area (Å²) < 4.78 is 0. The molecule has 98 valence electrons. The van der Waals surface area contributed by atoms with Crippen LogP contribution in [0.2, 0.25) is 0 Å². The standard InChI is InChI=1S/C14H15N3O2/c1-10-9-17(6-5-13(10)18)14(19)16-12-4-2-3-11(7-12)8-15/h2-4,7,10H,5-6,9H2,1H3,(H,16,19)/t10-/m1/s1. The Hall–Kier alpha value is -2.35. The van der Waals surface area contributed by atoms with Crippen molar-refractivity contribution in [2.45, 2.75) is 13.3 Å². The van der Waals surface area contributed by atoms with Crippen LogP contribution in [0, 0.1) is 17.2 Å². The van der Waals surface area contributed by atoms with Crippen molar-refractivity contribution in [2.24, 2.45) is 5.92 Å². The molecule has 1 aliphatic rings. The Morgan fingerprint density at radius 3 is 3.00 bits per heavy atom. The van der Waals surface area contributed by atoms with Gasteiger partial charge in [0.25, 0.3) is 0 Å². The molecule has 0 spiro atoms. The van der Waals surface area contributed by atoms with E-state index in [2.05, 4.69) is 5.32 Å². The fourth-order valence-electron chi connectivity index (χ4n) is 2.07. The summed E-state index contributed by atoms with van der Waals surface area (Å²) in [6.45, 7) is 2.73. The molecule has 1 saturated heterocycles. The van der Waals surface area contributed by atoms with Gasteiger partial charge in [-0.15, -0.1) is 0 Å². The summed E-state index contributed by atoms with van der Waals surface area (Å²) in [6, 6.07) is 8.55. The second-order valence-electron chi connectivity index (χ2n) is 4.69. The molecular formula is C14H15N3O2. The summed E-state index contributed by atoms with van der Waals surface area (Å²) in [7, 11) is 0. The molecule has 0 unspecified atom stereocenters. The Bertz CT molecular complexity index is 548. The second-order valence-corrected chi connectivity index (χ2v) is 4.69. The number of nitrogens with one attached hydrogen (secondary N) is 1. The summed E-state index contributed by atoms with van der Waals surface area (Å²) in [5.41, 5.74) is 1.09. The number of hydrogen-bond acceptors (Lipinski definition) is 3. The number of Topliss-reactive ketones (excluding diaryl/α,β-unsaturated/α-hetero) is 1. The second kappa shape index (κ2) is 5.53. The Labute approximate surface area is 111 Å². The predicted molar refractivity (Wildman–Crippen MR) is 70.5 cm³/mol. The van der Waals surface area contributed by atoms with Crippen molar-refractivity contribution in [3.8, 4) is 6.07 Å². The van der Waals surface area contributed by atoms with Gasteiger partial charge >= 0.3 is 6.03 Å². The highest BCUT2D eigenvalue weighted by Crippen LogP contribution is 2.15. The minimum Gasteiger partial charge on any atom is -0.323 e. The number of piperidine rings is 1. The van der Waals surface area contributed by atoms with Gasteiger partial charge in [-0.3, -0.25) is 4.79 Å². The topological polar surface area (TPSA) is 73.2 Å². The number of carbonyl (C=O) groups excluding carboxylic acids is 2. The average Bonchev–Trinajstić information content (AvgIpc) is 2.42. The van der Waals surface area contributed by atoms with Gasteiger partial charge in [-0.1, -0.05) is 13.0 Å². The van der Waals surface area contributed by atoms with E-state index >= 15 is 0 Å². The molecule has 0 saturated carbocycles. The molecule has 1 fully saturated rings. The monoisotopic (exact) mass is 257 g/mol. The first-order valence-electron chi connectivity index (χ1n) is 6.19. The summed E-state index contributed by atoms with van der Waals surface area (Å²) >= 11 is 0. The first-order valence-corrected chi connectivity index (χ1v) is 6.19. The molecule has 1 aliphatic heterocycles. The lowest BCUT2D eigenvalue weighted by Gasteiger charge is -2.30. The van der Waals surface area contributed by atoms with Crippen molar-refractivity contribution in [3.63, 3.8) is 0 Å². The lowest BCUT2D eigenvalue weighted by molar-refractivity contribution is -0.124. The molecule has 1 atom stereocenters. The maximum Gasteiger partial charge on any atom is 0.321 e. The van der Waals surface area contributed by atoms with Crippen LogP contribution in [0.4, 0.5) is 10.5 Å². The van der Waals surface area contributed by atoms with E-state index < -0.39 is 0 Å². The molecular weight excluding hydrogens is 242 g/mol. The number of rotatable bonds is 1. The molecule has 5 nitrogen and oxygen atoms in total. The normalized spacial score (nSPS) is 18.8. The third-order valence-corrected chi connectivity index (χ3v) is 3.20. The van der Waals surface area contributed by atoms with Gasteiger partial charge in [0.05, 0.1) is 11.6 Å². The van der Waals surface area contributed by atoms with Crippen molar-refractivity contribution < 1.29 is 9.59 Å². The number of amides is 2. The molecule has 1 N–H and O–H groups in total. The van der Waals surface area contributed by atoms with Crippen molar-refractivity contribution in [1.82, 2.24) is 4.90 Å². The van der Waals surface area contributed by atoms with E-state index in [1.54, 1.807) is 29.2 Å². The van der Waals surface area contributed by atoms with Gasteiger partial charge in [0.15, 0.2) is 0 Å². The van der Waals surface area contributed by atoms with E-state index in [0.717, 1.165) is 0 Å². The van der Waals surface area contributed by atoms with E-state index in [1.165, 1.54) is 0 Å². The van der Waals surface area contributed by atoms with Crippen LogP contribution in [-0.4, -0.2) is 29.8 Å². The van der Waals surface area contributed by atoms with E-state index in [0.29, 0.717) is 30.8 Å². The number of benzene rings is 1. The number of carbonyl (C=O) groups is 2. The zero-order valence-corrected chi connectivity index (χ0v) is 10.7. The van der Waals surface area contributed by atoms with Crippen molar-refractivity contribution in [2.75, 3.05) is 18.4 Å². The SMILES string of the molecule is C[C@@H]1CN(C(=O)Nc2cccc(C#N)c2)CCC1=O. The van der Waals surface area contributed by atoms with Crippen molar-refractivity contribution >= 4 is 17.5 Å². The number of ketones is 1. The molecule has 19 heavy (non-hydrogen) atoms. The Morgan fingerprint density at radius 2 is 2.32 bits per heavy atom. The molecule has 5 heteroatoms. The molecule has 0 radical (unpaired) electrons. The van der Waals surface area contributed by atoms with Crippen LogP contribution in [0.1, 0.15) is 18.9 Å². The number of nitrogens with zero attached hydrogens (tertiary/aromatic N) is 2. The van der Waals surface area contributed by atoms with Gasteiger partial charge < -0.3 is 10.2 Å². The first kappa shape index (κ1) is 13.1. The van der Waals surface area contributed by atoms with E-state index in [9.17, 15) is 9.59 Å². The Balaban J connectivity index is 2.01. The third-order valence-electron chi connectivity index (χ3n) is 3.20. The molecule has 1 aromatic rings. The van der Waals surface area contributed by atoms with Crippen LogP contribution >= 0.6 is 0 Å². The average molecular weight is 257 g/mol. The summed E-state index contributed by atoms with van der Waals surface area (Å²) in [5.74, 6) is 0.0977. The van der Waals surface area contributed by atoms with Gasteiger partial charge in [0.2, 0.25) is 0 Å². The fourth-order valence-corrected chi connectivity index (χ4v) is 2.07. The summed E-state index contributed by atoms with van der Waals surface area (Å²) in [4.78, 5) is 25.1. The molecule has 2 amide bonds. The van der Waals surface area contributed by atoms with Crippen LogP contribution in [0.15, 0.2) is 24.3 Å². The molecule has 2 rings (SSSR count). The molecule has 0 aliphatic carbocycles. The van der Waals surface area contributed by atoms with Gasteiger partial charge in [0, 0.05) is 31.1 Å². The number of likely N-dealkylation sites (tertiary alicyclic amines) is 1. The highest BCUT2D eigenvalue weighted by atomic mass is 16.2. The lowest BCUT2D eigenvalue weighted by atomic mass is 9.99. The number of nitriles is 1. The number of urea groups is 1. The molecule has 1 aromatic carbocycles. The van der Waals surface area contributed by atoms with E-state index in [4.69, 9.17) is 5.26 Å². The number of anilines is 1. The molecule has 1 heterocycles. The van der Waals surface area contributed by atoms with Gasteiger partial charge in [-0.2, -0.15) is 5.26 Å². The minimum absolute atomic E-state index is 0.107. The Morgan fingerprint density at radius 1 is 1.53 bits per heavy atom. The van der Waals surface area contributed by atoms with Gasteiger partial charge in [-0.25, -0.2) is 4.79 Å². The highest BCUT2D eigenvalue weighted by molar-refractivity contribution is 5.91. The van der Waals surface area contributed by atoms with Crippen molar-refractivity contribution in [3.05, 3.63) is 29.8 Å². The number of hydrogen-bond donors (Lipinski definition) is 1. The van der Waals surface area contributed by atoms with Gasteiger partial charge in [-0.05, 0) is 18.2 Å². The lowest BCUT2D eigenvalue weighted by Crippen LogP contribution is -2.45. The van der Waals surface area contributed by atoms with Crippen LogP contribution in [-0.2, 0) is 4.79 Å². The molecule has 0 aromatic heterocycles.